The Bertz CT molecular complexity index is 1670. The van der Waals surface area contributed by atoms with Gasteiger partial charge in [-0.05, 0) is 100 Å². The quantitative estimate of drug-likeness (QED) is 0.284. The number of aryl methyl sites for hydroxylation is 2. The molecule has 0 radical (unpaired) electrons. The minimum Gasteiger partial charge on any atom is -0.330 e. The molecule has 1 nitrogen and oxygen atoms in total. The third-order valence-electron chi connectivity index (χ3n) is 9.32. The molecule has 0 spiro atoms. The van der Waals surface area contributed by atoms with Gasteiger partial charge in [0.1, 0.15) is 0 Å². The zero-order chi connectivity index (χ0) is 24.9. The molecular weight excluding hydrogens is 446 g/mol. The Morgan fingerprint density at radius 2 is 1.59 bits per heavy atom. The smallest absolute Gasteiger partial charge is 0.0790 e. The average Bonchev–Trinajstić information content (AvgIpc) is 3.56. The van der Waals surface area contributed by atoms with Crippen LogP contribution in [-0.2, 0) is 11.8 Å². The summed E-state index contributed by atoms with van der Waals surface area (Å²) in [4.78, 5) is 2.56. The fourth-order valence-corrected chi connectivity index (χ4v) is 7.50. The van der Waals surface area contributed by atoms with Crippen LogP contribution in [0.1, 0.15) is 71.2 Å². The summed E-state index contributed by atoms with van der Waals surface area (Å²) in [5, 5.41) is 0. The van der Waals surface area contributed by atoms with Crippen LogP contribution in [0.2, 0.25) is 0 Å². The molecule has 4 aromatic rings. The van der Waals surface area contributed by atoms with Gasteiger partial charge in [-0.2, -0.15) is 0 Å². The lowest BCUT2D eigenvalue weighted by molar-refractivity contribution is 0.659. The Hall–Kier alpha value is -3.84. The number of rotatable bonds is 3. The topological polar surface area (TPSA) is 3.24 Å². The minimum atomic E-state index is -0.0245. The number of allylic oxidation sites excluding steroid dienone is 3. The first-order chi connectivity index (χ1) is 18.0. The maximum absolute atomic E-state index is 2.56. The number of nitrogens with zero attached hydrogens (tertiary/aromatic N) is 1. The molecule has 2 atom stereocenters. The van der Waals surface area contributed by atoms with Crippen LogP contribution in [0, 0.1) is 6.92 Å². The Balaban J connectivity index is 1.32. The van der Waals surface area contributed by atoms with Crippen LogP contribution in [0.5, 0.6) is 0 Å². The lowest BCUT2D eigenvalue weighted by atomic mass is 9.82. The number of benzene rings is 4. The Kier molecular flexibility index (Phi) is 4.23. The first-order valence-corrected chi connectivity index (χ1v) is 13.7. The second-order valence-electron chi connectivity index (χ2n) is 11.8. The maximum atomic E-state index is 2.56. The zero-order valence-electron chi connectivity index (χ0n) is 21.8. The van der Waals surface area contributed by atoms with Crippen LogP contribution in [0.4, 0.5) is 11.4 Å². The lowest BCUT2D eigenvalue weighted by Gasteiger charge is -2.33. The van der Waals surface area contributed by atoms with Crippen molar-refractivity contribution in [3.63, 3.8) is 0 Å². The molecule has 0 bridgehead atoms. The fourth-order valence-electron chi connectivity index (χ4n) is 7.50. The highest BCUT2D eigenvalue weighted by Gasteiger charge is 2.39. The second kappa shape index (κ2) is 7.35. The largest absolute Gasteiger partial charge is 0.330 e. The summed E-state index contributed by atoms with van der Waals surface area (Å²) in [6, 6.07) is 30.1. The zero-order valence-corrected chi connectivity index (χ0v) is 21.8. The molecule has 180 valence electrons. The highest BCUT2D eigenvalue weighted by Crippen LogP contribution is 2.54. The van der Waals surface area contributed by atoms with Crippen molar-refractivity contribution in [3.05, 3.63) is 136 Å². The molecule has 4 aliphatic rings. The monoisotopic (exact) mass is 477 g/mol. The number of fused-ring (bicyclic) bond motifs is 3. The van der Waals surface area contributed by atoms with Gasteiger partial charge in [0, 0.05) is 22.7 Å². The van der Waals surface area contributed by atoms with Crippen molar-refractivity contribution in [2.45, 2.75) is 51.0 Å². The molecule has 0 amide bonds. The van der Waals surface area contributed by atoms with Crippen molar-refractivity contribution in [2.24, 2.45) is 0 Å². The van der Waals surface area contributed by atoms with E-state index in [4.69, 9.17) is 0 Å². The maximum Gasteiger partial charge on any atom is 0.0790 e. The van der Waals surface area contributed by atoms with Crippen molar-refractivity contribution in [1.29, 1.82) is 0 Å². The normalized spacial score (nSPS) is 20.9. The number of hydrogen-bond donors (Lipinski definition) is 0. The van der Waals surface area contributed by atoms with Crippen LogP contribution >= 0.6 is 0 Å². The highest BCUT2D eigenvalue weighted by atomic mass is 15.2. The minimum absolute atomic E-state index is 0.0245. The van der Waals surface area contributed by atoms with Gasteiger partial charge in [0.05, 0.1) is 6.04 Å². The molecular formula is C36H31N. The van der Waals surface area contributed by atoms with Gasteiger partial charge in [-0.25, -0.2) is 0 Å². The molecule has 2 unspecified atom stereocenters. The van der Waals surface area contributed by atoms with Gasteiger partial charge in [0.25, 0.3) is 0 Å². The molecule has 0 fully saturated rings. The Morgan fingerprint density at radius 1 is 0.811 bits per heavy atom. The van der Waals surface area contributed by atoms with Gasteiger partial charge in [-0.1, -0.05) is 86.2 Å². The molecule has 0 saturated heterocycles. The van der Waals surface area contributed by atoms with E-state index in [-0.39, 0.29) is 11.5 Å². The predicted octanol–water partition coefficient (Wildman–Crippen LogP) is 9.18. The van der Waals surface area contributed by atoms with Crippen LogP contribution in [0.25, 0.3) is 16.7 Å². The van der Waals surface area contributed by atoms with Gasteiger partial charge in [0.15, 0.2) is 0 Å². The standard InChI is InChI=1S/C36H31N/c1-22-9-16-28-29-18-15-27(21-32(29)36(2,3)31(28)19-22)37(26-7-5-4-6-8-26)33-20-25-13-12-23-10-11-24-14-17-30(33)35(25)34(23)24/h4-9,12-21,23,33H,10-11H2,1-3H3. The van der Waals surface area contributed by atoms with Crippen LogP contribution < -0.4 is 4.90 Å². The van der Waals surface area contributed by atoms with Crippen molar-refractivity contribution in [1.82, 2.24) is 0 Å². The summed E-state index contributed by atoms with van der Waals surface area (Å²) < 4.78 is 0. The van der Waals surface area contributed by atoms with Crippen molar-refractivity contribution >= 4 is 16.9 Å². The molecule has 0 aromatic heterocycles. The van der Waals surface area contributed by atoms with E-state index < -0.39 is 0 Å². The molecule has 8 rings (SSSR count). The Labute approximate surface area is 219 Å². The molecule has 4 aromatic carbocycles. The predicted molar refractivity (Wildman–Crippen MR) is 155 cm³/mol. The van der Waals surface area contributed by atoms with E-state index >= 15 is 0 Å². The summed E-state index contributed by atoms with van der Waals surface area (Å²) >= 11 is 0. The van der Waals surface area contributed by atoms with Crippen molar-refractivity contribution in [2.75, 3.05) is 4.90 Å². The lowest BCUT2D eigenvalue weighted by Crippen LogP contribution is -2.23. The summed E-state index contributed by atoms with van der Waals surface area (Å²) in [7, 11) is 0. The fraction of sp³-hybridized carbons (Fsp3) is 0.222. The van der Waals surface area contributed by atoms with Gasteiger partial charge < -0.3 is 4.90 Å². The van der Waals surface area contributed by atoms with E-state index in [1.165, 1.54) is 68.7 Å². The van der Waals surface area contributed by atoms with E-state index in [1.54, 1.807) is 11.1 Å². The molecule has 0 saturated carbocycles. The Morgan fingerprint density at radius 3 is 2.43 bits per heavy atom. The van der Waals surface area contributed by atoms with Crippen LogP contribution in [-0.4, -0.2) is 0 Å². The SMILES string of the molecule is Cc1ccc2c(c1)C(C)(C)c1cc(N(c3ccccc3)C3C=C4C=CC5CCc6ccc3c4c65)ccc1-2. The van der Waals surface area contributed by atoms with E-state index in [0.717, 1.165) is 0 Å². The molecule has 1 heteroatoms. The van der Waals surface area contributed by atoms with Gasteiger partial charge >= 0.3 is 0 Å². The molecule has 4 aliphatic carbocycles. The average molecular weight is 478 g/mol. The number of para-hydroxylation sites is 1. The third kappa shape index (κ3) is 2.86. The van der Waals surface area contributed by atoms with E-state index in [9.17, 15) is 0 Å². The summed E-state index contributed by atoms with van der Waals surface area (Å²) in [5.41, 5.74) is 16.9. The van der Waals surface area contributed by atoms with Crippen molar-refractivity contribution in [3.8, 4) is 11.1 Å². The first-order valence-electron chi connectivity index (χ1n) is 13.7. The first kappa shape index (κ1) is 21.3. The van der Waals surface area contributed by atoms with Crippen molar-refractivity contribution < 1.29 is 0 Å². The second-order valence-corrected chi connectivity index (χ2v) is 11.8. The molecule has 0 N–H and O–H groups in total. The molecule has 0 aliphatic heterocycles. The highest BCUT2D eigenvalue weighted by molar-refractivity contribution is 5.89. The van der Waals surface area contributed by atoms with E-state index in [2.05, 4.69) is 123 Å². The van der Waals surface area contributed by atoms with Crippen LogP contribution in [0.15, 0.2) is 97.1 Å². The van der Waals surface area contributed by atoms with Gasteiger partial charge in [-0.15, -0.1) is 0 Å². The summed E-state index contributed by atoms with van der Waals surface area (Å²) in [6.45, 7) is 6.96. The van der Waals surface area contributed by atoms with E-state index in [1.807, 2.05) is 0 Å². The van der Waals surface area contributed by atoms with E-state index in [0.29, 0.717) is 5.92 Å². The van der Waals surface area contributed by atoms with Gasteiger partial charge in [0.2, 0.25) is 0 Å². The molecule has 37 heavy (non-hydrogen) atoms. The molecule has 0 heterocycles. The number of hydrogen-bond acceptors (Lipinski definition) is 1. The summed E-state index contributed by atoms with van der Waals surface area (Å²) in [5.74, 6) is 0.591. The number of anilines is 2. The third-order valence-corrected chi connectivity index (χ3v) is 9.32. The summed E-state index contributed by atoms with van der Waals surface area (Å²) in [6.07, 6.45) is 9.79. The van der Waals surface area contributed by atoms with Crippen LogP contribution in [0.3, 0.4) is 0 Å². The van der Waals surface area contributed by atoms with Gasteiger partial charge in [-0.3, -0.25) is 0 Å².